The highest BCUT2D eigenvalue weighted by atomic mass is 79.9. The summed E-state index contributed by atoms with van der Waals surface area (Å²) >= 11 is 10.4. The second-order valence-corrected chi connectivity index (χ2v) is 7.81. The number of benzene rings is 1. The van der Waals surface area contributed by atoms with Gasteiger partial charge in [0, 0.05) is 10.4 Å². The second kappa shape index (κ2) is 9.49. The monoisotopic (exact) mass is 498 g/mol. The highest BCUT2D eigenvalue weighted by Gasteiger charge is 2.21. The molecule has 3 aromatic rings. The fraction of sp³-hybridized carbons (Fsp3) is 0.222. The molecule has 2 heterocycles. The molecular weight excluding hydrogens is 484 g/mol. The zero-order valence-electron chi connectivity index (χ0n) is 15.2. The van der Waals surface area contributed by atoms with Crippen molar-refractivity contribution < 1.29 is 14.3 Å². The Morgan fingerprint density at radius 3 is 2.72 bits per heavy atom. The highest BCUT2D eigenvalue weighted by molar-refractivity contribution is 9.10. The van der Waals surface area contributed by atoms with Gasteiger partial charge in [-0.1, -0.05) is 23.7 Å². The van der Waals surface area contributed by atoms with Crippen LogP contribution in [-0.2, 0) is 16.1 Å². The summed E-state index contributed by atoms with van der Waals surface area (Å²) in [6.45, 7) is -0.234. The Kier molecular flexibility index (Phi) is 7.01. The molecule has 152 valence electrons. The van der Waals surface area contributed by atoms with Crippen molar-refractivity contribution in [2.75, 3.05) is 13.7 Å². The Labute approximate surface area is 183 Å². The van der Waals surface area contributed by atoms with Crippen LogP contribution in [0.5, 0.6) is 5.88 Å². The topological polar surface area (TPSA) is 109 Å². The number of nitrogens with two attached hydrogens (primary N) is 1. The van der Waals surface area contributed by atoms with Crippen molar-refractivity contribution in [3.8, 4) is 17.4 Å². The van der Waals surface area contributed by atoms with Crippen molar-refractivity contribution in [3.63, 3.8) is 0 Å². The van der Waals surface area contributed by atoms with Crippen LogP contribution in [0.25, 0.3) is 11.5 Å². The number of halogens is 2. The summed E-state index contributed by atoms with van der Waals surface area (Å²) in [6.07, 6.45) is 0. The molecule has 0 fully saturated rings. The van der Waals surface area contributed by atoms with E-state index in [0.717, 1.165) is 5.56 Å². The van der Waals surface area contributed by atoms with Crippen molar-refractivity contribution in [2.45, 2.75) is 12.6 Å². The Hall–Kier alpha value is -2.27. The molecule has 1 atom stereocenters. The lowest BCUT2D eigenvalue weighted by Crippen LogP contribution is -2.29. The van der Waals surface area contributed by atoms with Crippen LogP contribution in [0.3, 0.4) is 0 Å². The molecule has 0 unspecified atom stereocenters. The predicted octanol–water partition coefficient (Wildman–Crippen LogP) is 3.03. The molecule has 11 heteroatoms. The molecule has 29 heavy (non-hydrogen) atoms. The fourth-order valence-corrected chi connectivity index (χ4v) is 3.51. The van der Waals surface area contributed by atoms with E-state index < -0.39 is 17.6 Å². The fourth-order valence-electron chi connectivity index (χ4n) is 2.44. The van der Waals surface area contributed by atoms with Gasteiger partial charge in [-0.2, -0.15) is 4.98 Å². The van der Waals surface area contributed by atoms with Crippen LogP contribution in [0.1, 0.15) is 11.6 Å². The van der Waals surface area contributed by atoms with E-state index in [1.54, 1.807) is 35.2 Å². The number of ether oxygens (including phenoxy) is 2. The van der Waals surface area contributed by atoms with E-state index in [4.69, 9.17) is 22.1 Å². The molecule has 2 aromatic heterocycles. The quantitative estimate of drug-likeness (QED) is 0.498. The summed E-state index contributed by atoms with van der Waals surface area (Å²) in [7, 11) is 1.24. The van der Waals surface area contributed by atoms with E-state index in [9.17, 15) is 9.59 Å². The lowest BCUT2D eigenvalue weighted by Gasteiger charge is -2.16. The Morgan fingerprint density at radius 2 is 2.10 bits per heavy atom. The molecule has 0 amide bonds. The summed E-state index contributed by atoms with van der Waals surface area (Å²) in [5.41, 5.74) is 8.53. The standard InChI is InChI=1S/C18H16BrClN4O4S/c1-27-14(25)6-24-16(13-8-29-9-22-13)23-17(15(19)18(24)26)28-7-12(21)10-2-4-11(20)5-3-10/h2-5,8-9,12H,6-7,21H2,1H3/t12-/m0/s1. The van der Waals surface area contributed by atoms with Crippen LogP contribution in [0.4, 0.5) is 0 Å². The molecule has 0 bridgehead atoms. The van der Waals surface area contributed by atoms with Gasteiger partial charge in [-0.05, 0) is 33.6 Å². The number of nitrogens with zero attached hydrogens (tertiary/aromatic N) is 3. The number of carbonyl (C=O) groups excluding carboxylic acids is 1. The number of rotatable bonds is 7. The normalized spacial score (nSPS) is 11.9. The summed E-state index contributed by atoms with van der Waals surface area (Å²) in [5, 5.41) is 2.32. The maximum atomic E-state index is 12.8. The first-order chi connectivity index (χ1) is 13.9. The third kappa shape index (κ3) is 5.02. The van der Waals surface area contributed by atoms with Gasteiger partial charge in [-0.25, -0.2) is 4.98 Å². The zero-order valence-corrected chi connectivity index (χ0v) is 18.3. The molecule has 0 aliphatic rings. The third-order valence-corrected chi connectivity index (χ3v) is 5.47. The molecule has 0 radical (unpaired) electrons. The molecule has 1 aromatic carbocycles. The van der Waals surface area contributed by atoms with Gasteiger partial charge in [0.2, 0.25) is 5.88 Å². The Balaban J connectivity index is 1.92. The van der Waals surface area contributed by atoms with Crippen molar-refractivity contribution in [3.05, 3.63) is 60.6 Å². The van der Waals surface area contributed by atoms with Crippen LogP contribution in [-0.4, -0.2) is 34.2 Å². The first-order valence-corrected chi connectivity index (χ1v) is 10.4. The van der Waals surface area contributed by atoms with E-state index in [0.29, 0.717) is 10.7 Å². The number of methoxy groups -OCH3 is 1. The maximum Gasteiger partial charge on any atom is 0.325 e. The van der Waals surface area contributed by atoms with Crippen molar-refractivity contribution in [2.24, 2.45) is 5.73 Å². The first kappa shape index (κ1) is 21.4. The first-order valence-electron chi connectivity index (χ1n) is 8.30. The van der Waals surface area contributed by atoms with Crippen molar-refractivity contribution >= 4 is 44.8 Å². The second-order valence-electron chi connectivity index (χ2n) is 5.86. The molecule has 8 nitrogen and oxygen atoms in total. The number of hydrogen-bond acceptors (Lipinski definition) is 8. The smallest absolute Gasteiger partial charge is 0.325 e. The van der Waals surface area contributed by atoms with Crippen molar-refractivity contribution in [1.82, 2.24) is 14.5 Å². The average molecular weight is 500 g/mol. The number of hydrogen-bond donors (Lipinski definition) is 1. The van der Waals surface area contributed by atoms with Gasteiger partial charge in [-0.3, -0.25) is 14.2 Å². The minimum atomic E-state index is -0.587. The van der Waals surface area contributed by atoms with Gasteiger partial charge in [0.1, 0.15) is 23.3 Å². The Bertz CT molecular complexity index is 1060. The van der Waals surface area contributed by atoms with Gasteiger partial charge < -0.3 is 15.2 Å². The average Bonchev–Trinajstić information content (AvgIpc) is 3.25. The third-order valence-electron chi connectivity index (χ3n) is 3.96. The minimum Gasteiger partial charge on any atom is -0.475 e. The summed E-state index contributed by atoms with van der Waals surface area (Å²) < 4.78 is 11.6. The van der Waals surface area contributed by atoms with Gasteiger partial charge in [0.05, 0.1) is 18.7 Å². The SMILES string of the molecule is COC(=O)Cn1c(-c2cscn2)nc(OC[C@H](N)c2ccc(Cl)cc2)c(Br)c1=O. The predicted molar refractivity (Wildman–Crippen MR) is 113 cm³/mol. The molecule has 0 spiro atoms. The van der Waals surface area contributed by atoms with Gasteiger partial charge in [0.15, 0.2) is 5.82 Å². The summed E-state index contributed by atoms with van der Waals surface area (Å²) in [6, 6.07) is 6.61. The summed E-state index contributed by atoms with van der Waals surface area (Å²) in [4.78, 5) is 33.2. The van der Waals surface area contributed by atoms with E-state index in [1.165, 1.54) is 23.0 Å². The zero-order chi connectivity index (χ0) is 21.0. The molecule has 0 saturated heterocycles. The maximum absolute atomic E-state index is 12.8. The van der Waals surface area contributed by atoms with E-state index in [-0.39, 0.29) is 29.3 Å². The lowest BCUT2D eigenvalue weighted by molar-refractivity contribution is -0.141. The molecule has 0 aliphatic heterocycles. The molecular formula is C18H16BrClN4O4S. The minimum absolute atomic E-state index is 0.0588. The van der Waals surface area contributed by atoms with Gasteiger partial charge >= 0.3 is 5.97 Å². The number of thiazole rings is 1. The molecule has 2 N–H and O–H groups in total. The van der Waals surface area contributed by atoms with Gasteiger partial charge in [0.25, 0.3) is 5.56 Å². The van der Waals surface area contributed by atoms with E-state index in [2.05, 4.69) is 30.6 Å². The number of aromatic nitrogens is 3. The van der Waals surface area contributed by atoms with Gasteiger partial charge in [-0.15, -0.1) is 11.3 Å². The number of esters is 1. The lowest BCUT2D eigenvalue weighted by atomic mass is 10.1. The Morgan fingerprint density at radius 1 is 1.38 bits per heavy atom. The van der Waals surface area contributed by atoms with E-state index in [1.807, 2.05) is 0 Å². The largest absolute Gasteiger partial charge is 0.475 e. The van der Waals surface area contributed by atoms with Crippen LogP contribution in [0.15, 0.2) is 44.4 Å². The van der Waals surface area contributed by atoms with Crippen molar-refractivity contribution in [1.29, 1.82) is 0 Å². The highest BCUT2D eigenvalue weighted by Crippen LogP contribution is 2.25. The van der Waals surface area contributed by atoms with E-state index >= 15 is 0 Å². The van der Waals surface area contributed by atoms with Crippen LogP contribution in [0, 0.1) is 0 Å². The molecule has 3 rings (SSSR count). The van der Waals surface area contributed by atoms with Crippen LogP contribution in [0.2, 0.25) is 5.02 Å². The van der Waals surface area contributed by atoms with Crippen LogP contribution < -0.4 is 16.0 Å². The van der Waals surface area contributed by atoms with Crippen LogP contribution >= 0.6 is 38.9 Å². The molecule has 0 saturated carbocycles. The number of carbonyl (C=O) groups is 1. The summed E-state index contributed by atoms with van der Waals surface area (Å²) in [5.74, 6) is -0.334. The molecule has 0 aliphatic carbocycles.